The maximum atomic E-state index is 13.5. The van der Waals surface area contributed by atoms with Crippen LogP contribution in [0.1, 0.15) is 43.8 Å². The fraction of sp³-hybridized carbons (Fsp3) is 0.647. The molecular formula is C17H22FNO4. The fourth-order valence-electron chi connectivity index (χ4n) is 3.28. The average Bonchev–Trinajstić information content (AvgIpc) is 2.61. The molecule has 2 aliphatic rings. The number of hydrogen-bond donors (Lipinski definition) is 0. The Morgan fingerprint density at radius 3 is 2.78 bits per heavy atom. The molecule has 0 radical (unpaired) electrons. The summed E-state index contributed by atoms with van der Waals surface area (Å²) in [6.45, 7) is 1.08. The molecule has 1 aromatic heterocycles. The molecule has 0 spiro atoms. The first-order chi connectivity index (χ1) is 11.2. The van der Waals surface area contributed by atoms with Gasteiger partial charge in [-0.3, -0.25) is 4.98 Å². The molecule has 126 valence electrons. The molecule has 1 saturated heterocycles. The van der Waals surface area contributed by atoms with Crippen molar-refractivity contribution in [3.8, 4) is 0 Å². The maximum Gasteiger partial charge on any atom is 0.338 e. The topological polar surface area (TPSA) is 57.7 Å². The first-order valence-electron chi connectivity index (χ1n) is 8.24. The summed E-state index contributed by atoms with van der Waals surface area (Å²) in [5.74, 6) is -0.665. The molecule has 2 fully saturated rings. The molecule has 5 nitrogen and oxygen atoms in total. The van der Waals surface area contributed by atoms with Gasteiger partial charge in [-0.1, -0.05) is 19.3 Å². The van der Waals surface area contributed by atoms with Crippen molar-refractivity contribution < 1.29 is 23.4 Å². The molecule has 1 aliphatic carbocycles. The second-order valence-corrected chi connectivity index (χ2v) is 6.13. The smallest absolute Gasteiger partial charge is 0.338 e. The first kappa shape index (κ1) is 16.3. The van der Waals surface area contributed by atoms with Gasteiger partial charge in [0.25, 0.3) is 0 Å². The summed E-state index contributed by atoms with van der Waals surface area (Å²) >= 11 is 0. The molecule has 2 heterocycles. The van der Waals surface area contributed by atoms with Gasteiger partial charge in [0, 0.05) is 17.7 Å². The Bertz CT molecular complexity index is 527. The molecule has 3 rings (SSSR count). The van der Waals surface area contributed by atoms with Gasteiger partial charge >= 0.3 is 5.97 Å². The molecule has 0 N–H and O–H groups in total. The Kier molecular flexibility index (Phi) is 5.56. The van der Waals surface area contributed by atoms with Crippen molar-refractivity contribution in [2.75, 3.05) is 19.8 Å². The summed E-state index contributed by atoms with van der Waals surface area (Å²) in [5.41, 5.74) is 0.613. The van der Waals surface area contributed by atoms with Gasteiger partial charge in [0.2, 0.25) is 0 Å². The maximum absolute atomic E-state index is 13.5. The van der Waals surface area contributed by atoms with Crippen LogP contribution < -0.4 is 0 Å². The van der Waals surface area contributed by atoms with Crippen LogP contribution in [0.4, 0.5) is 4.39 Å². The number of hydrogen-bond acceptors (Lipinski definition) is 5. The van der Waals surface area contributed by atoms with Gasteiger partial charge < -0.3 is 14.2 Å². The molecule has 6 heteroatoms. The molecule has 0 amide bonds. The Labute approximate surface area is 135 Å². The van der Waals surface area contributed by atoms with E-state index >= 15 is 0 Å². The molecule has 0 bridgehead atoms. The zero-order chi connectivity index (χ0) is 16.1. The van der Waals surface area contributed by atoms with E-state index < -0.39 is 24.0 Å². The summed E-state index contributed by atoms with van der Waals surface area (Å²) in [5, 5.41) is 0. The Morgan fingerprint density at radius 1 is 1.26 bits per heavy atom. The van der Waals surface area contributed by atoms with Gasteiger partial charge in [-0.05, 0) is 18.9 Å². The number of nitrogens with zero attached hydrogens (tertiary/aromatic N) is 1. The van der Waals surface area contributed by atoms with E-state index in [1.54, 1.807) is 6.20 Å². The van der Waals surface area contributed by atoms with Crippen molar-refractivity contribution in [3.63, 3.8) is 0 Å². The van der Waals surface area contributed by atoms with Gasteiger partial charge in [-0.2, -0.15) is 0 Å². The predicted molar refractivity (Wildman–Crippen MR) is 80.2 cm³/mol. The standard InChI is InChI=1S/C17H22FNO4/c18-14-8-13(9-19-10-14)16(12-4-2-1-3-5-12)23-17(20)15-11-21-6-7-22-15/h8-10,12,15-16H,1-7,11H2. The number of rotatable bonds is 4. The number of pyridine rings is 1. The second kappa shape index (κ2) is 7.84. The zero-order valence-electron chi connectivity index (χ0n) is 13.1. The minimum atomic E-state index is -0.698. The number of halogens is 1. The van der Waals surface area contributed by atoms with Crippen LogP contribution in [0.3, 0.4) is 0 Å². The number of aromatic nitrogens is 1. The van der Waals surface area contributed by atoms with E-state index in [-0.39, 0.29) is 12.5 Å². The van der Waals surface area contributed by atoms with Crippen LogP contribution >= 0.6 is 0 Å². The third-order valence-corrected chi connectivity index (χ3v) is 4.45. The van der Waals surface area contributed by atoms with Gasteiger partial charge in [0.1, 0.15) is 11.9 Å². The highest BCUT2D eigenvalue weighted by Crippen LogP contribution is 2.37. The minimum absolute atomic E-state index is 0.195. The molecule has 0 aromatic carbocycles. The SMILES string of the molecule is O=C(OC(c1cncc(F)c1)C1CCCCC1)C1COCCO1. The molecule has 1 aliphatic heterocycles. The highest BCUT2D eigenvalue weighted by atomic mass is 19.1. The fourth-order valence-corrected chi connectivity index (χ4v) is 3.28. The lowest BCUT2D eigenvalue weighted by atomic mass is 9.83. The number of ether oxygens (including phenoxy) is 3. The normalized spacial score (nSPS) is 24.1. The largest absolute Gasteiger partial charge is 0.455 e. The third-order valence-electron chi connectivity index (χ3n) is 4.45. The Morgan fingerprint density at radius 2 is 2.09 bits per heavy atom. The van der Waals surface area contributed by atoms with Gasteiger partial charge in [0.15, 0.2) is 6.10 Å². The van der Waals surface area contributed by atoms with E-state index in [4.69, 9.17) is 14.2 Å². The van der Waals surface area contributed by atoms with E-state index in [1.165, 1.54) is 12.5 Å². The molecular weight excluding hydrogens is 301 g/mol. The first-order valence-corrected chi connectivity index (χ1v) is 8.24. The Balaban J connectivity index is 1.75. The Hall–Kier alpha value is -1.53. The molecule has 1 saturated carbocycles. The lowest BCUT2D eigenvalue weighted by Crippen LogP contribution is -2.38. The van der Waals surface area contributed by atoms with Gasteiger partial charge in [-0.15, -0.1) is 0 Å². The average molecular weight is 323 g/mol. The van der Waals surface area contributed by atoms with Crippen molar-refractivity contribution in [2.45, 2.75) is 44.3 Å². The number of esters is 1. The monoisotopic (exact) mass is 323 g/mol. The van der Waals surface area contributed by atoms with Crippen molar-refractivity contribution in [2.24, 2.45) is 5.92 Å². The zero-order valence-corrected chi connectivity index (χ0v) is 13.1. The van der Waals surface area contributed by atoms with E-state index in [0.717, 1.165) is 31.9 Å². The summed E-state index contributed by atoms with van der Waals surface area (Å²) in [4.78, 5) is 16.3. The number of carbonyl (C=O) groups excluding carboxylic acids is 1. The van der Waals surface area contributed by atoms with Crippen LogP contribution in [0.25, 0.3) is 0 Å². The predicted octanol–water partition coefficient (Wildman–Crippen LogP) is 2.80. The number of carbonyl (C=O) groups is 1. The molecule has 1 aromatic rings. The lowest BCUT2D eigenvalue weighted by molar-refractivity contribution is -0.179. The van der Waals surface area contributed by atoms with Crippen molar-refractivity contribution in [1.29, 1.82) is 0 Å². The van der Waals surface area contributed by atoms with Gasteiger partial charge in [-0.25, -0.2) is 9.18 Å². The van der Waals surface area contributed by atoms with Crippen molar-refractivity contribution in [3.05, 3.63) is 29.8 Å². The quantitative estimate of drug-likeness (QED) is 0.798. The van der Waals surface area contributed by atoms with E-state index in [1.807, 2.05) is 0 Å². The molecule has 2 atom stereocenters. The van der Waals surface area contributed by atoms with Crippen molar-refractivity contribution >= 4 is 5.97 Å². The van der Waals surface area contributed by atoms with Crippen LogP contribution in [0, 0.1) is 11.7 Å². The second-order valence-electron chi connectivity index (χ2n) is 6.13. The highest BCUT2D eigenvalue weighted by Gasteiger charge is 2.32. The van der Waals surface area contributed by atoms with E-state index in [2.05, 4.69) is 4.98 Å². The highest BCUT2D eigenvalue weighted by molar-refractivity contribution is 5.75. The summed E-state index contributed by atoms with van der Waals surface area (Å²) in [6, 6.07) is 1.40. The molecule has 23 heavy (non-hydrogen) atoms. The van der Waals surface area contributed by atoms with Gasteiger partial charge in [0.05, 0.1) is 26.0 Å². The van der Waals surface area contributed by atoms with Crippen LogP contribution in [0.15, 0.2) is 18.5 Å². The van der Waals surface area contributed by atoms with E-state index in [9.17, 15) is 9.18 Å². The van der Waals surface area contributed by atoms with Crippen LogP contribution in [0.5, 0.6) is 0 Å². The lowest BCUT2D eigenvalue weighted by Gasteiger charge is -2.31. The summed E-state index contributed by atoms with van der Waals surface area (Å²) in [7, 11) is 0. The molecule has 2 unspecified atom stereocenters. The minimum Gasteiger partial charge on any atom is -0.455 e. The summed E-state index contributed by atoms with van der Waals surface area (Å²) < 4.78 is 29.9. The van der Waals surface area contributed by atoms with E-state index in [0.29, 0.717) is 18.8 Å². The summed E-state index contributed by atoms with van der Waals surface area (Å²) in [6.07, 6.45) is 6.89. The van der Waals surface area contributed by atoms with Crippen molar-refractivity contribution in [1.82, 2.24) is 4.98 Å². The van der Waals surface area contributed by atoms with Crippen LogP contribution in [-0.2, 0) is 19.0 Å². The third kappa shape index (κ3) is 4.26. The van der Waals surface area contributed by atoms with Crippen LogP contribution in [0.2, 0.25) is 0 Å². The van der Waals surface area contributed by atoms with Crippen LogP contribution in [-0.4, -0.2) is 36.9 Å².